The summed E-state index contributed by atoms with van der Waals surface area (Å²) < 4.78 is 0. The molecule has 0 heterocycles. The van der Waals surface area contributed by atoms with Crippen LogP contribution in [0.1, 0.15) is 38.8 Å². The Morgan fingerprint density at radius 2 is 1.82 bits per heavy atom. The highest BCUT2D eigenvalue weighted by molar-refractivity contribution is 5.92. The van der Waals surface area contributed by atoms with Gasteiger partial charge in [-0.3, -0.25) is 4.79 Å². The van der Waals surface area contributed by atoms with Crippen molar-refractivity contribution in [2.24, 2.45) is 5.92 Å². The lowest BCUT2D eigenvalue weighted by Gasteiger charge is -2.13. The van der Waals surface area contributed by atoms with Crippen LogP contribution in [0.15, 0.2) is 24.3 Å². The Morgan fingerprint density at radius 3 is 2.29 bits per heavy atom. The van der Waals surface area contributed by atoms with Gasteiger partial charge >= 0.3 is 0 Å². The van der Waals surface area contributed by atoms with Gasteiger partial charge in [-0.05, 0) is 38.1 Å². The first kappa shape index (κ1) is 13.7. The maximum absolute atomic E-state index is 11.7. The summed E-state index contributed by atoms with van der Waals surface area (Å²) >= 11 is 0. The smallest absolute Gasteiger partial charge is 0.227 e. The molecule has 0 aliphatic rings. The Morgan fingerprint density at radius 1 is 1.24 bits per heavy atom. The third kappa shape index (κ3) is 3.86. The number of carbonyl (C=O) groups is 1. The fraction of sp³-hybridized carbons (Fsp3) is 0.500. The summed E-state index contributed by atoms with van der Waals surface area (Å²) in [5.74, 6) is 0.146. The number of amides is 1. The number of rotatable bonds is 5. The van der Waals surface area contributed by atoms with E-state index in [1.807, 2.05) is 45.2 Å². The molecule has 0 aromatic heterocycles. The van der Waals surface area contributed by atoms with Crippen molar-refractivity contribution in [3.8, 4) is 0 Å². The van der Waals surface area contributed by atoms with E-state index in [4.69, 9.17) is 0 Å². The lowest BCUT2D eigenvalue weighted by Crippen LogP contribution is -2.19. The van der Waals surface area contributed by atoms with Gasteiger partial charge in [0.05, 0.1) is 0 Å². The fourth-order valence-corrected chi connectivity index (χ4v) is 1.47. The van der Waals surface area contributed by atoms with E-state index in [2.05, 4.69) is 17.6 Å². The number of hydrogen-bond donors (Lipinski definition) is 2. The Balaban J connectivity index is 2.65. The van der Waals surface area contributed by atoms with E-state index in [1.54, 1.807) is 0 Å². The molecule has 0 saturated heterocycles. The highest BCUT2D eigenvalue weighted by Crippen LogP contribution is 2.16. The zero-order valence-electron chi connectivity index (χ0n) is 11.1. The molecule has 1 aromatic rings. The first-order valence-electron chi connectivity index (χ1n) is 6.16. The second-order valence-corrected chi connectivity index (χ2v) is 4.43. The van der Waals surface area contributed by atoms with E-state index in [0.717, 1.165) is 12.1 Å². The van der Waals surface area contributed by atoms with E-state index < -0.39 is 0 Å². The third-order valence-corrected chi connectivity index (χ3v) is 3.17. The molecule has 94 valence electrons. The molecule has 17 heavy (non-hydrogen) atoms. The van der Waals surface area contributed by atoms with Crippen LogP contribution in [0.3, 0.4) is 0 Å². The molecule has 0 radical (unpaired) electrons. The van der Waals surface area contributed by atoms with Crippen molar-refractivity contribution in [1.29, 1.82) is 0 Å². The molecular weight excluding hydrogens is 212 g/mol. The van der Waals surface area contributed by atoms with Crippen molar-refractivity contribution >= 4 is 11.6 Å². The summed E-state index contributed by atoms with van der Waals surface area (Å²) in [5, 5.41) is 6.10. The van der Waals surface area contributed by atoms with Crippen LogP contribution in [0.4, 0.5) is 5.69 Å². The number of carbonyl (C=O) groups excluding carboxylic acids is 1. The van der Waals surface area contributed by atoms with E-state index in [-0.39, 0.29) is 11.8 Å². The lowest BCUT2D eigenvalue weighted by atomic mass is 10.1. The number of benzene rings is 1. The Bertz CT molecular complexity index is 359. The fourth-order valence-electron chi connectivity index (χ4n) is 1.47. The van der Waals surface area contributed by atoms with Gasteiger partial charge in [-0.25, -0.2) is 0 Å². The van der Waals surface area contributed by atoms with Crippen molar-refractivity contribution in [3.05, 3.63) is 29.8 Å². The number of anilines is 1. The summed E-state index contributed by atoms with van der Waals surface area (Å²) in [6.07, 6.45) is 0.862. The maximum atomic E-state index is 11.7. The van der Waals surface area contributed by atoms with Gasteiger partial charge in [-0.2, -0.15) is 0 Å². The standard InChI is InChI=1S/C14H22N2O/c1-5-10(2)14(17)16-13-8-6-12(7-9-13)11(3)15-4/h6-11,15H,5H2,1-4H3,(H,16,17). The van der Waals surface area contributed by atoms with Crippen molar-refractivity contribution in [3.63, 3.8) is 0 Å². The molecule has 1 rings (SSSR count). The van der Waals surface area contributed by atoms with Crippen LogP contribution in [0.5, 0.6) is 0 Å². The maximum Gasteiger partial charge on any atom is 0.227 e. The minimum atomic E-state index is 0.0610. The van der Waals surface area contributed by atoms with Crippen molar-refractivity contribution in [1.82, 2.24) is 5.32 Å². The monoisotopic (exact) mass is 234 g/mol. The van der Waals surface area contributed by atoms with Crippen LogP contribution in [0, 0.1) is 5.92 Å². The highest BCUT2D eigenvalue weighted by atomic mass is 16.1. The zero-order valence-corrected chi connectivity index (χ0v) is 11.1. The molecular formula is C14H22N2O. The quantitative estimate of drug-likeness (QED) is 0.822. The van der Waals surface area contributed by atoms with Gasteiger partial charge in [0.25, 0.3) is 0 Å². The van der Waals surface area contributed by atoms with Crippen molar-refractivity contribution in [2.45, 2.75) is 33.2 Å². The first-order valence-corrected chi connectivity index (χ1v) is 6.16. The van der Waals surface area contributed by atoms with Crippen LogP contribution in [0.25, 0.3) is 0 Å². The summed E-state index contributed by atoms with van der Waals surface area (Å²) in [5.41, 5.74) is 2.08. The molecule has 0 aliphatic heterocycles. The van der Waals surface area contributed by atoms with E-state index in [9.17, 15) is 4.79 Å². The van der Waals surface area contributed by atoms with E-state index in [0.29, 0.717) is 6.04 Å². The van der Waals surface area contributed by atoms with Crippen molar-refractivity contribution in [2.75, 3.05) is 12.4 Å². The van der Waals surface area contributed by atoms with Gasteiger partial charge < -0.3 is 10.6 Å². The molecule has 0 spiro atoms. The van der Waals surface area contributed by atoms with Crippen LogP contribution in [-0.2, 0) is 4.79 Å². The molecule has 2 unspecified atom stereocenters. The highest BCUT2D eigenvalue weighted by Gasteiger charge is 2.10. The van der Waals surface area contributed by atoms with Gasteiger partial charge in [0.1, 0.15) is 0 Å². The summed E-state index contributed by atoms with van der Waals surface area (Å²) in [6.45, 7) is 6.06. The van der Waals surface area contributed by atoms with Crippen LogP contribution in [-0.4, -0.2) is 13.0 Å². The predicted molar refractivity (Wildman–Crippen MR) is 72.0 cm³/mol. The average Bonchev–Trinajstić information content (AvgIpc) is 2.37. The molecule has 2 N–H and O–H groups in total. The largest absolute Gasteiger partial charge is 0.326 e. The lowest BCUT2D eigenvalue weighted by molar-refractivity contribution is -0.119. The van der Waals surface area contributed by atoms with Gasteiger partial charge in [0.2, 0.25) is 5.91 Å². The zero-order chi connectivity index (χ0) is 12.8. The van der Waals surface area contributed by atoms with Gasteiger partial charge in [-0.1, -0.05) is 26.0 Å². The average molecular weight is 234 g/mol. The minimum absolute atomic E-state index is 0.0610. The van der Waals surface area contributed by atoms with Crippen molar-refractivity contribution < 1.29 is 4.79 Å². The molecule has 0 saturated carbocycles. The summed E-state index contributed by atoms with van der Waals surface area (Å²) in [4.78, 5) is 11.7. The summed E-state index contributed by atoms with van der Waals surface area (Å²) in [6, 6.07) is 8.29. The first-order chi connectivity index (χ1) is 8.08. The number of hydrogen-bond acceptors (Lipinski definition) is 2. The second-order valence-electron chi connectivity index (χ2n) is 4.43. The Labute approximate surface area is 104 Å². The molecule has 1 aromatic carbocycles. The molecule has 1 amide bonds. The molecule has 0 fully saturated rings. The number of nitrogens with one attached hydrogen (secondary N) is 2. The molecule has 3 heteroatoms. The normalized spacial score (nSPS) is 14.1. The van der Waals surface area contributed by atoms with Gasteiger partial charge in [0, 0.05) is 17.6 Å². The molecule has 2 atom stereocenters. The van der Waals surface area contributed by atoms with Crippen LogP contribution in [0.2, 0.25) is 0 Å². The minimum Gasteiger partial charge on any atom is -0.326 e. The van der Waals surface area contributed by atoms with Crippen LogP contribution < -0.4 is 10.6 Å². The van der Waals surface area contributed by atoms with Gasteiger partial charge in [0.15, 0.2) is 0 Å². The summed E-state index contributed by atoms with van der Waals surface area (Å²) in [7, 11) is 1.93. The Kier molecular flexibility index (Phi) is 5.16. The van der Waals surface area contributed by atoms with Gasteiger partial charge in [-0.15, -0.1) is 0 Å². The Hall–Kier alpha value is -1.35. The molecule has 3 nitrogen and oxygen atoms in total. The second kappa shape index (κ2) is 6.40. The van der Waals surface area contributed by atoms with E-state index >= 15 is 0 Å². The predicted octanol–water partition coefficient (Wildman–Crippen LogP) is 2.95. The molecule has 0 bridgehead atoms. The SMILES string of the molecule is CCC(C)C(=O)Nc1ccc(C(C)NC)cc1. The van der Waals surface area contributed by atoms with E-state index in [1.165, 1.54) is 5.56 Å². The topological polar surface area (TPSA) is 41.1 Å². The molecule has 0 aliphatic carbocycles. The third-order valence-electron chi connectivity index (χ3n) is 3.17. The van der Waals surface area contributed by atoms with Crippen LogP contribution >= 0.6 is 0 Å².